The van der Waals surface area contributed by atoms with Crippen LogP contribution in [0, 0.1) is 5.41 Å². The monoisotopic (exact) mass is 242 g/mol. The first kappa shape index (κ1) is 16.1. The Bertz CT molecular complexity index is 246. The summed E-state index contributed by atoms with van der Waals surface area (Å²) in [5.74, 6) is 0.108. The van der Waals surface area contributed by atoms with E-state index in [-0.39, 0.29) is 17.4 Å². The van der Waals surface area contributed by atoms with E-state index in [4.69, 9.17) is 0 Å². The van der Waals surface area contributed by atoms with Crippen LogP contribution in [-0.2, 0) is 9.59 Å². The molecule has 4 nitrogen and oxygen atoms in total. The Hall–Kier alpha value is -0.900. The van der Waals surface area contributed by atoms with Gasteiger partial charge in [0.25, 0.3) is 0 Å². The van der Waals surface area contributed by atoms with Gasteiger partial charge in [-0.15, -0.1) is 0 Å². The smallest absolute Gasteiger partial charge is 0.222 e. The average Bonchev–Trinajstić information content (AvgIpc) is 2.23. The van der Waals surface area contributed by atoms with Gasteiger partial charge >= 0.3 is 0 Å². The van der Waals surface area contributed by atoms with Crippen molar-refractivity contribution in [1.29, 1.82) is 0 Å². The number of likely N-dealkylation sites (N-methyl/N-ethyl adjacent to an activating group) is 2. The lowest BCUT2D eigenvalue weighted by atomic mass is 9.86. The van der Waals surface area contributed by atoms with Gasteiger partial charge < -0.3 is 15.0 Å². The number of carbonyl (C=O) groups excluding carboxylic acids is 2. The molecule has 0 radical (unpaired) electrons. The number of hydrogen-bond donors (Lipinski definition) is 1. The van der Waals surface area contributed by atoms with Crippen molar-refractivity contribution in [1.82, 2.24) is 10.2 Å². The third-order valence-electron chi connectivity index (χ3n) is 2.99. The lowest BCUT2D eigenvalue weighted by Crippen LogP contribution is -2.47. The van der Waals surface area contributed by atoms with Crippen LogP contribution in [0.4, 0.5) is 0 Å². The van der Waals surface area contributed by atoms with Crippen LogP contribution in [-0.4, -0.2) is 43.8 Å². The SMILES string of the molecule is CNC(CN(C)C(=O)CCCC=O)C(C)(C)C. The number of rotatable bonds is 7. The number of unbranched alkanes of at least 4 members (excludes halogenated alkanes) is 1. The standard InChI is InChI=1S/C13H26N2O2/c1-13(2,3)11(14-4)10-15(5)12(17)8-6-7-9-16/h9,11,14H,6-8,10H2,1-5H3. The molecule has 1 unspecified atom stereocenters. The van der Waals surface area contributed by atoms with Crippen molar-refractivity contribution in [2.75, 3.05) is 20.6 Å². The summed E-state index contributed by atoms with van der Waals surface area (Å²) in [7, 11) is 3.74. The van der Waals surface area contributed by atoms with Gasteiger partial charge in [-0.1, -0.05) is 20.8 Å². The van der Waals surface area contributed by atoms with Gasteiger partial charge in [-0.2, -0.15) is 0 Å². The normalized spacial score (nSPS) is 13.2. The maximum atomic E-state index is 11.8. The van der Waals surface area contributed by atoms with Crippen molar-refractivity contribution in [3.05, 3.63) is 0 Å². The molecule has 100 valence electrons. The zero-order valence-electron chi connectivity index (χ0n) is 11.7. The van der Waals surface area contributed by atoms with Gasteiger partial charge in [0.1, 0.15) is 6.29 Å². The third-order valence-corrected chi connectivity index (χ3v) is 2.99. The molecule has 0 aromatic heterocycles. The molecule has 0 aliphatic heterocycles. The third kappa shape index (κ3) is 6.41. The maximum absolute atomic E-state index is 11.8. The van der Waals surface area contributed by atoms with E-state index < -0.39 is 0 Å². The van der Waals surface area contributed by atoms with Crippen molar-refractivity contribution in [2.24, 2.45) is 5.41 Å². The number of nitrogens with zero attached hydrogens (tertiary/aromatic N) is 1. The molecular weight excluding hydrogens is 216 g/mol. The van der Waals surface area contributed by atoms with Gasteiger partial charge in [0.05, 0.1) is 0 Å². The summed E-state index contributed by atoms with van der Waals surface area (Å²) in [4.78, 5) is 23.7. The van der Waals surface area contributed by atoms with Crippen molar-refractivity contribution >= 4 is 12.2 Å². The maximum Gasteiger partial charge on any atom is 0.222 e. The Balaban J connectivity index is 4.17. The van der Waals surface area contributed by atoms with Crippen LogP contribution in [0.1, 0.15) is 40.0 Å². The Labute approximate surface area is 105 Å². The first-order valence-corrected chi connectivity index (χ1v) is 6.17. The summed E-state index contributed by atoms with van der Waals surface area (Å²) in [5, 5.41) is 3.24. The molecule has 0 aliphatic carbocycles. The van der Waals surface area contributed by atoms with Crippen LogP contribution in [0.5, 0.6) is 0 Å². The molecule has 17 heavy (non-hydrogen) atoms. The number of aldehydes is 1. The zero-order valence-corrected chi connectivity index (χ0v) is 11.7. The van der Waals surface area contributed by atoms with E-state index in [1.165, 1.54) is 0 Å². The van der Waals surface area contributed by atoms with Crippen LogP contribution >= 0.6 is 0 Å². The Morgan fingerprint density at radius 1 is 1.41 bits per heavy atom. The lowest BCUT2D eigenvalue weighted by molar-refractivity contribution is -0.130. The van der Waals surface area contributed by atoms with Gasteiger partial charge in [-0.25, -0.2) is 0 Å². The van der Waals surface area contributed by atoms with Crippen molar-refractivity contribution in [3.63, 3.8) is 0 Å². The summed E-state index contributed by atoms with van der Waals surface area (Å²) in [6.45, 7) is 7.15. The minimum absolute atomic E-state index is 0.108. The number of amides is 1. The molecule has 0 saturated carbocycles. The second kappa shape index (κ2) is 7.43. The van der Waals surface area contributed by atoms with Gasteiger partial charge in [0.2, 0.25) is 5.91 Å². The minimum atomic E-state index is 0.108. The number of hydrogen-bond acceptors (Lipinski definition) is 3. The highest BCUT2D eigenvalue weighted by Crippen LogP contribution is 2.19. The second-order valence-corrected chi connectivity index (χ2v) is 5.54. The van der Waals surface area contributed by atoms with Crippen LogP contribution in [0.3, 0.4) is 0 Å². The fraction of sp³-hybridized carbons (Fsp3) is 0.846. The molecule has 0 aromatic rings. The van der Waals surface area contributed by atoms with E-state index in [0.717, 1.165) is 6.29 Å². The molecule has 0 bridgehead atoms. The molecule has 0 aliphatic rings. The quantitative estimate of drug-likeness (QED) is 0.543. The van der Waals surface area contributed by atoms with Crippen LogP contribution in [0.2, 0.25) is 0 Å². The first-order valence-electron chi connectivity index (χ1n) is 6.17. The molecule has 0 saturated heterocycles. The van der Waals surface area contributed by atoms with Gasteiger partial charge in [0.15, 0.2) is 0 Å². The lowest BCUT2D eigenvalue weighted by Gasteiger charge is -2.33. The zero-order chi connectivity index (χ0) is 13.5. The molecule has 0 spiro atoms. The summed E-state index contributed by atoms with van der Waals surface area (Å²) in [6.07, 6.45) is 2.43. The highest BCUT2D eigenvalue weighted by molar-refractivity contribution is 5.76. The molecular formula is C13H26N2O2. The molecule has 1 amide bonds. The van der Waals surface area contributed by atoms with Gasteiger partial charge in [-0.3, -0.25) is 4.79 Å². The predicted octanol–water partition coefficient (Wildman–Crippen LogP) is 1.45. The van der Waals surface area contributed by atoms with Crippen molar-refractivity contribution < 1.29 is 9.59 Å². The molecule has 0 aromatic carbocycles. The fourth-order valence-corrected chi connectivity index (χ4v) is 1.70. The topological polar surface area (TPSA) is 49.4 Å². The molecule has 0 rings (SSSR count). The molecule has 4 heteroatoms. The van der Waals surface area contributed by atoms with Crippen LogP contribution in [0.25, 0.3) is 0 Å². The van der Waals surface area contributed by atoms with E-state index in [2.05, 4.69) is 26.1 Å². The minimum Gasteiger partial charge on any atom is -0.344 e. The summed E-state index contributed by atoms with van der Waals surface area (Å²) in [5.41, 5.74) is 0.117. The van der Waals surface area contributed by atoms with Gasteiger partial charge in [-0.05, 0) is 18.9 Å². The second-order valence-electron chi connectivity index (χ2n) is 5.54. The van der Waals surface area contributed by atoms with E-state index in [1.807, 2.05) is 14.1 Å². The number of nitrogens with one attached hydrogen (secondary N) is 1. The summed E-state index contributed by atoms with van der Waals surface area (Å²) < 4.78 is 0. The van der Waals surface area contributed by atoms with E-state index >= 15 is 0 Å². The summed E-state index contributed by atoms with van der Waals surface area (Å²) >= 11 is 0. The highest BCUT2D eigenvalue weighted by Gasteiger charge is 2.25. The summed E-state index contributed by atoms with van der Waals surface area (Å²) in [6, 6.07) is 0.266. The fourth-order valence-electron chi connectivity index (χ4n) is 1.70. The molecule has 1 N–H and O–H groups in total. The van der Waals surface area contributed by atoms with E-state index in [1.54, 1.807) is 4.90 Å². The highest BCUT2D eigenvalue weighted by atomic mass is 16.2. The average molecular weight is 242 g/mol. The van der Waals surface area contributed by atoms with Crippen molar-refractivity contribution in [3.8, 4) is 0 Å². The van der Waals surface area contributed by atoms with Gasteiger partial charge in [0, 0.05) is 32.5 Å². The van der Waals surface area contributed by atoms with Crippen LogP contribution in [0.15, 0.2) is 0 Å². The Morgan fingerprint density at radius 3 is 2.41 bits per heavy atom. The molecule has 1 atom stereocenters. The Kier molecular flexibility index (Phi) is 7.04. The first-order chi connectivity index (χ1) is 7.82. The van der Waals surface area contributed by atoms with Crippen molar-refractivity contribution in [2.45, 2.75) is 46.1 Å². The molecule has 0 fully saturated rings. The number of carbonyl (C=O) groups is 2. The predicted molar refractivity (Wildman–Crippen MR) is 69.9 cm³/mol. The van der Waals surface area contributed by atoms with Crippen LogP contribution < -0.4 is 5.32 Å². The Morgan fingerprint density at radius 2 is 2.00 bits per heavy atom. The van der Waals surface area contributed by atoms with E-state index in [0.29, 0.717) is 25.8 Å². The van der Waals surface area contributed by atoms with E-state index in [9.17, 15) is 9.59 Å². The largest absolute Gasteiger partial charge is 0.344 e. The molecule has 0 heterocycles.